The quantitative estimate of drug-likeness (QED) is 0.617. The number of thiocarbonyl (C=S) groups is 2. The van der Waals surface area contributed by atoms with Gasteiger partial charge in [0.2, 0.25) is 0 Å². The first-order chi connectivity index (χ1) is 9.56. The van der Waals surface area contributed by atoms with E-state index in [9.17, 15) is 0 Å². The van der Waals surface area contributed by atoms with Crippen LogP contribution < -0.4 is 5.32 Å². The second kappa shape index (κ2) is 9.47. The Bertz CT molecular complexity index is 320. The number of nitrogens with one attached hydrogen (secondary N) is 1. The summed E-state index contributed by atoms with van der Waals surface area (Å²) >= 11 is 10.8. The van der Waals surface area contributed by atoms with Gasteiger partial charge in [-0.3, -0.25) is 5.01 Å². The van der Waals surface area contributed by atoms with Gasteiger partial charge in [-0.15, -0.1) is 0 Å². The fourth-order valence-electron chi connectivity index (χ4n) is 2.27. The van der Waals surface area contributed by atoms with E-state index in [-0.39, 0.29) is 0 Å². The highest BCUT2D eigenvalue weighted by Crippen LogP contribution is 2.13. The van der Waals surface area contributed by atoms with E-state index in [1.807, 2.05) is 19.0 Å². The van der Waals surface area contributed by atoms with Gasteiger partial charge in [0.1, 0.15) is 0 Å². The third-order valence-corrected chi connectivity index (χ3v) is 4.28. The third kappa shape index (κ3) is 5.89. The Kier molecular flexibility index (Phi) is 8.33. The third-order valence-electron chi connectivity index (χ3n) is 3.50. The van der Waals surface area contributed by atoms with Crippen LogP contribution in [-0.2, 0) is 0 Å². The molecule has 1 aliphatic heterocycles. The van der Waals surface area contributed by atoms with Crippen LogP contribution in [0.2, 0.25) is 0 Å². The molecule has 0 aromatic rings. The smallest absolute Gasteiger partial charge is 0.189 e. The standard InChI is InChI=1S/C14H28N4S2/c1-4-5-6-7-10-17-11-8-9-12-18(17)14(20)15-13(19)16(2)3/h4-12H2,1-3H3,(H,15,19,20). The molecule has 1 fully saturated rings. The molecule has 0 aromatic heterocycles. The minimum Gasteiger partial charge on any atom is -0.355 e. The van der Waals surface area contributed by atoms with Gasteiger partial charge < -0.3 is 10.2 Å². The molecule has 116 valence electrons. The summed E-state index contributed by atoms with van der Waals surface area (Å²) in [5.74, 6) is 0. The number of hydrogen-bond donors (Lipinski definition) is 1. The maximum atomic E-state index is 5.51. The summed E-state index contributed by atoms with van der Waals surface area (Å²) in [4.78, 5) is 1.87. The molecule has 1 heterocycles. The van der Waals surface area contributed by atoms with E-state index < -0.39 is 0 Å². The molecule has 0 spiro atoms. The van der Waals surface area contributed by atoms with E-state index in [4.69, 9.17) is 24.4 Å². The monoisotopic (exact) mass is 316 g/mol. The maximum Gasteiger partial charge on any atom is 0.189 e. The van der Waals surface area contributed by atoms with Crippen LogP contribution in [-0.4, -0.2) is 58.9 Å². The first-order valence-electron chi connectivity index (χ1n) is 7.61. The van der Waals surface area contributed by atoms with Crippen molar-refractivity contribution in [2.24, 2.45) is 0 Å². The molecular formula is C14H28N4S2. The lowest BCUT2D eigenvalue weighted by atomic mass is 10.2. The van der Waals surface area contributed by atoms with Crippen LogP contribution in [0.4, 0.5) is 0 Å². The van der Waals surface area contributed by atoms with E-state index in [1.165, 1.54) is 38.5 Å². The van der Waals surface area contributed by atoms with Crippen molar-refractivity contribution >= 4 is 34.7 Å². The second-order valence-corrected chi connectivity index (χ2v) is 6.25. The van der Waals surface area contributed by atoms with Gasteiger partial charge in [-0.1, -0.05) is 26.2 Å². The zero-order chi connectivity index (χ0) is 15.0. The van der Waals surface area contributed by atoms with Crippen molar-refractivity contribution in [1.29, 1.82) is 0 Å². The summed E-state index contributed by atoms with van der Waals surface area (Å²) in [5.41, 5.74) is 0. The average Bonchev–Trinajstić information content (AvgIpc) is 2.43. The highest BCUT2D eigenvalue weighted by molar-refractivity contribution is 7.81. The van der Waals surface area contributed by atoms with Crippen molar-refractivity contribution in [3.8, 4) is 0 Å². The zero-order valence-electron chi connectivity index (χ0n) is 13.0. The first kappa shape index (κ1) is 17.6. The normalized spacial score (nSPS) is 16.1. The predicted octanol–water partition coefficient (Wildman–Crippen LogP) is 2.60. The number of rotatable bonds is 5. The SMILES string of the molecule is CCCCCCN1CCCCN1C(=S)NC(=S)N(C)C. The average molecular weight is 317 g/mol. The summed E-state index contributed by atoms with van der Waals surface area (Å²) in [6.07, 6.45) is 7.59. The molecule has 1 N–H and O–H groups in total. The molecule has 0 bridgehead atoms. The van der Waals surface area contributed by atoms with Crippen LogP contribution in [0.5, 0.6) is 0 Å². The molecule has 0 aromatic carbocycles. The van der Waals surface area contributed by atoms with Crippen molar-refractivity contribution in [2.75, 3.05) is 33.7 Å². The van der Waals surface area contributed by atoms with Gasteiger partial charge in [-0.05, 0) is 43.7 Å². The fourth-order valence-corrected chi connectivity index (χ4v) is 2.73. The summed E-state index contributed by atoms with van der Waals surface area (Å²) in [6, 6.07) is 0. The van der Waals surface area contributed by atoms with Gasteiger partial charge in [0.15, 0.2) is 10.2 Å². The van der Waals surface area contributed by atoms with Crippen molar-refractivity contribution in [3.05, 3.63) is 0 Å². The Hall–Kier alpha value is -0.460. The minimum absolute atomic E-state index is 0.673. The molecule has 0 unspecified atom stereocenters. The molecule has 1 saturated heterocycles. The number of unbranched alkanes of at least 4 members (excludes halogenated alkanes) is 3. The van der Waals surface area contributed by atoms with Crippen LogP contribution in [0, 0.1) is 0 Å². The molecule has 0 amide bonds. The van der Waals surface area contributed by atoms with Gasteiger partial charge >= 0.3 is 0 Å². The van der Waals surface area contributed by atoms with Gasteiger partial charge in [-0.25, -0.2) is 5.01 Å². The fraction of sp³-hybridized carbons (Fsp3) is 0.857. The highest BCUT2D eigenvalue weighted by Gasteiger charge is 2.22. The van der Waals surface area contributed by atoms with Crippen LogP contribution in [0.15, 0.2) is 0 Å². The second-order valence-electron chi connectivity index (χ2n) is 5.47. The lowest BCUT2D eigenvalue weighted by Gasteiger charge is -2.40. The molecule has 4 nitrogen and oxygen atoms in total. The largest absolute Gasteiger partial charge is 0.355 e. The Morgan fingerprint density at radius 1 is 1.10 bits per heavy atom. The summed E-state index contributed by atoms with van der Waals surface area (Å²) in [7, 11) is 3.85. The Labute approximate surface area is 134 Å². The van der Waals surface area contributed by atoms with Crippen molar-refractivity contribution in [2.45, 2.75) is 45.4 Å². The number of nitrogens with zero attached hydrogens (tertiary/aromatic N) is 3. The molecule has 6 heteroatoms. The van der Waals surface area contributed by atoms with E-state index in [0.29, 0.717) is 5.11 Å². The molecule has 0 aliphatic carbocycles. The molecule has 1 rings (SSSR count). The van der Waals surface area contributed by atoms with Crippen LogP contribution in [0.25, 0.3) is 0 Å². The zero-order valence-corrected chi connectivity index (χ0v) is 14.7. The number of hydrazine groups is 1. The minimum atomic E-state index is 0.673. The lowest BCUT2D eigenvalue weighted by Crippen LogP contribution is -2.56. The predicted molar refractivity (Wildman–Crippen MR) is 93.7 cm³/mol. The molecule has 20 heavy (non-hydrogen) atoms. The Balaban J connectivity index is 2.46. The number of hydrogen-bond acceptors (Lipinski definition) is 3. The lowest BCUT2D eigenvalue weighted by molar-refractivity contribution is 0.0140. The molecular weight excluding hydrogens is 288 g/mol. The topological polar surface area (TPSA) is 21.8 Å². The Morgan fingerprint density at radius 3 is 2.45 bits per heavy atom. The summed E-state index contributed by atoms with van der Waals surface area (Å²) in [5, 5.41) is 9.14. The van der Waals surface area contributed by atoms with E-state index >= 15 is 0 Å². The van der Waals surface area contributed by atoms with Crippen LogP contribution in [0.3, 0.4) is 0 Å². The van der Waals surface area contributed by atoms with Crippen LogP contribution in [0.1, 0.15) is 45.4 Å². The van der Waals surface area contributed by atoms with Gasteiger partial charge in [0.05, 0.1) is 0 Å². The van der Waals surface area contributed by atoms with Gasteiger partial charge in [0, 0.05) is 33.7 Å². The molecule has 0 radical (unpaired) electrons. The first-order valence-corrected chi connectivity index (χ1v) is 8.42. The molecule has 0 atom stereocenters. The summed E-state index contributed by atoms with van der Waals surface area (Å²) in [6.45, 7) is 5.43. The van der Waals surface area contributed by atoms with E-state index in [2.05, 4.69) is 22.3 Å². The van der Waals surface area contributed by atoms with Crippen molar-refractivity contribution < 1.29 is 0 Å². The molecule has 1 aliphatic rings. The van der Waals surface area contributed by atoms with Crippen molar-refractivity contribution in [3.63, 3.8) is 0 Å². The van der Waals surface area contributed by atoms with Gasteiger partial charge in [-0.2, -0.15) is 0 Å². The molecule has 0 saturated carbocycles. The van der Waals surface area contributed by atoms with E-state index in [0.717, 1.165) is 24.7 Å². The van der Waals surface area contributed by atoms with Crippen molar-refractivity contribution in [1.82, 2.24) is 20.2 Å². The summed E-state index contributed by atoms with van der Waals surface area (Å²) < 4.78 is 0. The Morgan fingerprint density at radius 2 is 1.80 bits per heavy atom. The van der Waals surface area contributed by atoms with E-state index in [1.54, 1.807) is 0 Å². The highest BCUT2D eigenvalue weighted by atomic mass is 32.1. The van der Waals surface area contributed by atoms with Gasteiger partial charge in [0.25, 0.3) is 0 Å². The van der Waals surface area contributed by atoms with Crippen LogP contribution >= 0.6 is 24.4 Å². The maximum absolute atomic E-state index is 5.51.